The van der Waals surface area contributed by atoms with Gasteiger partial charge in [0.1, 0.15) is 5.82 Å². The summed E-state index contributed by atoms with van der Waals surface area (Å²) in [6, 6.07) is 5.98. The number of hydrogen-bond acceptors (Lipinski definition) is 3. The molecule has 0 amide bonds. The highest BCUT2D eigenvalue weighted by Gasteiger charge is 2.10. The van der Waals surface area contributed by atoms with Crippen molar-refractivity contribution in [1.29, 1.82) is 0 Å². The first-order valence-electron chi connectivity index (χ1n) is 6.27. The molecule has 0 unspecified atom stereocenters. The van der Waals surface area contributed by atoms with E-state index in [1.807, 2.05) is 6.08 Å². The van der Waals surface area contributed by atoms with Gasteiger partial charge >= 0.3 is 0 Å². The predicted octanol–water partition coefficient (Wildman–Crippen LogP) is 4.06. The molecule has 0 bridgehead atoms. The van der Waals surface area contributed by atoms with E-state index in [1.165, 1.54) is 12.1 Å². The minimum atomic E-state index is -0.299. The summed E-state index contributed by atoms with van der Waals surface area (Å²) in [6.45, 7) is 0. The Kier molecular flexibility index (Phi) is 3.56. The molecule has 0 spiro atoms. The number of halogens is 2. The Balaban J connectivity index is 2.04. The van der Waals surface area contributed by atoms with Gasteiger partial charge in [-0.25, -0.2) is 9.37 Å². The highest BCUT2D eigenvalue weighted by molar-refractivity contribution is 6.28. The van der Waals surface area contributed by atoms with Crippen LogP contribution in [0, 0.1) is 5.82 Å². The maximum atomic E-state index is 13.0. The van der Waals surface area contributed by atoms with Gasteiger partial charge in [-0.1, -0.05) is 18.2 Å². The zero-order chi connectivity index (χ0) is 13.9. The van der Waals surface area contributed by atoms with Crippen molar-refractivity contribution in [3.05, 3.63) is 59.4 Å². The maximum Gasteiger partial charge on any atom is 0.226 e. The number of allylic oxidation sites excluding steroid dienone is 4. The van der Waals surface area contributed by atoms with Gasteiger partial charge in [-0.05, 0) is 48.7 Å². The molecule has 1 aromatic carbocycles. The first-order chi connectivity index (χ1) is 9.72. The normalized spacial score (nSPS) is 14.2. The molecule has 0 radical (unpaired) electrons. The fourth-order valence-electron chi connectivity index (χ4n) is 1.99. The van der Waals surface area contributed by atoms with Crippen LogP contribution in [-0.2, 0) is 0 Å². The molecule has 1 aliphatic rings. The molecule has 2 aromatic rings. The molecule has 1 heterocycles. The average Bonchev–Trinajstić information content (AvgIpc) is 2.48. The number of hydrogen-bond donors (Lipinski definition) is 0. The highest BCUT2D eigenvalue weighted by atomic mass is 35.5. The van der Waals surface area contributed by atoms with Crippen LogP contribution < -0.4 is 0 Å². The lowest BCUT2D eigenvalue weighted by Crippen LogP contribution is -2.00. The van der Waals surface area contributed by atoms with Gasteiger partial charge in [0.05, 0.1) is 0 Å². The van der Waals surface area contributed by atoms with E-state index in [0.29, 0.717) is 17.2 Å². The van der Waals surface area contributed by atoms with Crippen LogP contribution in [-0.4, -0.2) is 15.0 Å². The van der Waals surface area contributed by atoms with Crippen molar-refractivity contribution in [3.63, 3.8) is 0 Å². The molecule has 3 nitrogen and oxygen atoms in total. The third-order valence-electron chi connectivity index (χ3n) is 2.96. The molecule has 3 rings (SSSR count). The Bertz CT molecular complexity index is 693. The largest absolute Gasteiger partial charge is 0.226 e. The SMILES string of the molecule is Fc1ccc(-c2nc(Cl)nc(C3=CCCC=C3)n2)cc1. The number of rotatable bonds is 2. The Hall–Kier alpha value is -2.07. The third kappa shape index (κ3) is 2.75. The minimum Gasteiger partial charge on any atom is -0.208 e. The summed E-state index contributed by atoms with van der Waals surface area (Å²) in [6.07, 6.45) is 8.10. The van der Waals surface area contributed by atoms with Crippen molar-refractivity contribution in [2.24, 2.45) is 0 Å². The summed E-state index contributed by atoms with van der Waals surface area (Å²) in [5, 5.41) is 0.134. The van der Waals surface area contributed by atoms with Crippen LogP contribution in [0.4, 0.5) is 4.39 Å². The molecule has 100 valence electrons. The van der Waals surface area contributed by atoms with Crippen LogP contribution in [0.5, 0.6) is 0 Å². The molecule has 5 heteroatoms. The van der Waals surface area contributed by atoms with Gasteiger partial charge in [0, 0.05) is 11.1 Å². The Morgan fingerprint density at radius 2 is 1.70 bits per heavy atom. The smallest absolute Gasteiger partial charge is 0.208 e. The number of nitrogens with zero attached hydrogens (tertiary/aromatic N) is 3. The second-order valence-corrected chi connectivity index (χ2v) is 4.74. The lowest BCUT2D eigenvalue weighted by molar-refractivity contribution is 0.628. The van der Waals surface area contributed by atoms with E-state index in [1.54, 1.807) is 12.1 Å². The molecule has 1 aromatic heterocycles. The summed E-state index contributed by atoms with van der Waals surface area (Å²) in [4.78, 5) is 12.7. The van der Waals surface area contributed by atoms with Crippen LogP contribution in [0.15, 0.2) is 42.5 Å². The molecule has 0 N–H and O–H groups in total. The molecule has 20 heavy (non-hydrogen) atoms. The second-order valence-electron chi connectivity index (χ2n) is 4.40. The minimum absolute atomic E-state index is 0.134. The van der Waals surface area contributed by atoms with E-state index in [4.69, 9.17) is 11.6 Å². The summed E-state index contributed by atoms with van der Waals surface area (Å²) >= 11 is 5.96. The molecule has 0 saturated carbocycles. The van der Waals surface area contributed by atoms with Gasteiger partial charge in [0.15, 0.2) is 11.6 Å². The number of aromatic nitrogens is 3. The summed E-state index contributed by atoms with van der Waals surface area (Å²) in [5.41, 5.74) is 1.64. The molecule has 0 atom stereocenters. The van der Waals surface area contributed by atoms with Gasteiger partial charge < -0.3 is 0 Å². The van der Waals surface area contributed by atoms with Gasteiger partial charge in [0.25, 0.3) is 0 Å². The molecular formula is C15H11ClFN3. The quantitative estimate of drug-likeness (QED) is 0.836. The molecular weight excluding hydrogens is 277 g/mol. The van der Waals surface area contributed by atoms with Gasteiger partial charge in [-0.2, -0.15) is 9.97 Å². The van der Waals surface area contributed by atoms with Crippen molar-refractivity contribution < 1.29 is 4.39 Å². The summed E-state index contributed by atoms with van der Waals surface area (Å²) in [5.74, 6) is 0.687. The van der Waals surface area contributed by atoms with E-state index in [-0.39, 0.29) is 11.1 Å². The Morgan fingerprint density at radius 3 is 2.40 bits per heavy atom. The van der Waals surface area contributed by atoms with Gasteiger partial charge in [0.2, 0.25) is 5.28 Å². The average molecular weight is 288 g/mol. The lowest BCUT2D eigenvalue weighted by Gasteiger charge is -2.07. The van der Waals surface area contributed by atoms with Gasteiger partial charge in [-0.15, -0.1) is 0 Å². The fraction of sp³-hybridized carbons (Fsp3) is 0.133. The fourth-order valence-corrected chi connectivity index (χ4v) is 2.15. The van der Waals surface area contributed by atoms with E-state index in [9.17, 15) is 4.39 Å². The monoisotopic (exact) mass is 287 g/mol. The maximum absolute atomic E-state index is 13.0. The molecule has 0 saturated heterocycles. The van der Waals surface area contributed by atoms with E-state index in [0.717, 1.165) is 18.4 Å². The first kappa shape index (κ1) is 12.9. The van der Waals surface area contributed by atoms with Crippen LogP contribution in [0.3, 0.4) is 0 Å². The van der Waals surface area contributed by atoms with E-state index in [2.05, 4.69) is 27.1 Å². The van der Waals surface area contributed by atoms with Crippen molar-refractivity contribution in [2.75, 3.05) is 0 Å². The van der Waals surface area contributed by atoms with Crippen LogP contribution in [0.2, 0.25) is 5.28 Å². The van der Waals surface area contributed by atoms with Crippen molar-refractivity contribution in [1.82, 2.24) is 15.0 Å². The lowest BCUT2D eigenvalue weighted by atomic mass is 10.1. The van der Waals surface area contributed by atoms with Crippen molar-refractivity contribution in [2.45, 2.75) is 12.8 Å². The summed E-state index contributed by atoms with van der Waals surface area (Å²) < 4.78 is 13.0. The number of benzene rings is 1. The van der Waals surface area contributed by atoms with E-state index >= 15 is 0 Å². The van der Waals surface area contributed by atoms with Crippen LogP contribution in [0.1, 0.15) is 18.7 Å². The zero-order valence-electron chi connectivity index (χ0n) is 10.6. The van der Waals surface area contributed by atoms with Crippen molar-refractivity contribution in [3.8, 4) is 11.4 Å². The van der Waals surface area contributed by atoms with Crippen molar-refractivity contribution >= 4 is 17.2 Å². The summed E-state index contributed by atoms with van der Waals surface area (Å²) in [7, 11) is 0. The Morgan fingerprint density at radius 1 is 0.950 bits per heavy atom. The second kappa shape index (κ2) is 5.51. The predicted molar refractivity (Wildman–Crippen MR) is 76.6 cm³/mol. The van der Waals surface area contributed by atoms with Crippen LogP contribution in [0.25, 0.3) is 17.0 Å². The highest BCUT2D eigenvalue weighted by Crippen LogP contribution is 2.22. The van der Waals surface area contributed by atoms with Gasteiger partial charge in [-0.3, -0.25) is 0 Å². The topological polar surface area (TPSA) is 38.7 Å². The third-order valence-corrected chi connectivity index (χ3v) is 3.13. The standard InChI is InChI=1S/C15H11ClFN3/c16-15-19-13(10-4-2-1-3-5-10)18-14(20-15)11-6-8-12(17)9-7-11/h2,4-9H,1,3H2. The zero-order valence-corrected chi connectivity index (χ0v) is 11.3. The van der Waals surface area contributed by atoms with Crippen LogP contribution >= 0.6 is 11.6 Å². The molecule has 0 aliphatic heterocycles. The molecule has 0 fully saturated rings. The molecule has 1 aliphatic carbocycles. The first-order valence-corrected chi connectivity index (χ1v) is 6.65. The van der Waals surface area contributed by atoms with E-state index < -0.39 is 0 Å². The Labute approximate surface area is 120 Å².